The smallest absolute Gasteiger partial charge is 0.251 e. The van der Waals surface area contributed by atoms with Gasteiger partial charge in [-0.15, -0.1) is 10.2 Å². The minimum Gasteiger partial charge on any atom is -0.345 e. The number of nitrogens with zero attached hydrogens (tertiary/aromatic N) is 3. The Morgan fingerprint density at radius 2 is 1.74 bits per heavy atom. The number of para-hydroxylation sites is 2. The molecule has 0 radical (unpaired) electrons. The predicted octanol–water partition coefficient (Wildman–Crippen LogP) is 4.38. The summed E-state index contributed by atoms with van der Waals surface area (Å²) in [7, 11) is 0. The number of thioether (sulfide) groups is 1. The van der Waals surface area contributed by atoms with Crippen LogP contribution < -0.4 is 10.6 Å². The number of nitrogens with one attached hydrogen (secondary N) is 2. The van der Waals surface area contributed by atoms with E-state index in [1.165, 1.54) is 23.9 Å². The molecule has 0 saturated carbocycles. The Morgan fingerprint density at radius 3 is 2.50 bits per heavy atom. The lowest BCUT2D eigenvalue weighted by molar-refractivity contribution is -0.113. The number of anilines is 1. The van der Waals surface area contributed by atoms with Gasteiger partial charge in [0.1, 0.15) is 5.82 Å². The van der Waals surface area contributed by atoms with Crippen LogP contribution in [0.3, 0.4) is 0 Å². The SMILES string of the molecule is Cc1cccc(C(=O)NCc2nnc(SCC(=O)Nc3ccccc3F)n2-c2ccccc2)c1. The van der Waals surface area contributed by atoms with Gasteiger partial charge in [-0.2, -0.15) is 0 Å². The first kappa shape index (κ1) is 23.2. The zero-order valence-electron chi connectivity index (χ0n) is 18.4. The summed E-state index contributed by atoms with van der Waals surface area (Å²) in [6.07, 6.45) is 0. The maximum Gasteiger partial charge on any atom is 0.251 e. The topological polar surface area (TPSA) is 88.9 Å². The molecule has 0 spiro atoms. The quantitative estimate of drug-likeness (QED) is 0.369. The summed E-state index contributed by atoms with van der Waals surface area (Å²) in [6, 6.07) is 22.7. The number of hydrogen-bond acceptors (Lipinski definition) is 5. The van der Waals surface area contributed by atoms with Crippen LogP contribution in [0.4, 0.5) is 10.1 Å². The second-order valence-electron chi connectivity index (χ2n) is 7.44. The van der Waals surface area contributed by atoms with Crippen molar-refractivity contribution in [3.05, 3.63) is 102 Å². The highest BCUT2D eigenvalue weighted by molar-refractivity contribution is 7.99. The van der Waals surface area contributed by atoms with Crippen LogP contribution in [0.1, 0.15) is 21.7 Å². The maximum absolute atomic E-state index is 13.8. The van der Waals surface area contributed by atoms with Crippen molar-refractivity contribution < 1.29 is 14.0 Å². The van der Waals surface area contributed by atoms with Crippen molar-refractivity contribution in [1.82, 2.24) is 20.1 Å². The molecule has 2 N–H and O–H groups in total. The molecule has 0 bridgehead atoms. The van der Waals surface area contributed by atoms with Crippen molar-refractivity contribution in [3.8, 4) is 5.69 Å². The first-order chi connectivity index (χ1) is 16.5. The molecule has 4 aromatic rings. The number of aryl methyl sites for hydroxylation is 1. The Kier molecular flexibility index (Phi) is 7.34. The molecule has 9 heteroatoms. The van der Waals surface area contributed by atoms with E-state index < -0.39 is 5.82 Å². The molecule has 0 unspecified atom stereocenters. The molecule has 1 aromatic heterocycles. The van der Waals surface area contributed by atoms with Gasteiger partial charge >= 0.3 is 0 Å². The number of hydrogen-bond donors (Lipinski definition) is 2. The van der Waals surface area contributed by atoms with E-state index in [2.05, 4.69) is 20.8 Å². The van der Waals surface area contributed by atoms with Crippen molar-refractivity contribution in [1.29, 1.82) is 0 Å². The lowest BCUT2D eigenvalue weighted by atomic mass is 10.1. The van der Waals surface area contributed by atoms with Crippen LogP contribution in [0.5, 0.6) is 0 Å². The van der Waals surface area contributed by atoms with Crippen molar-refractivity contribution in [2.75, 3.05) is 11.1 Å². The molecule has 0 aliphatic rings. The summed E-state index contributed by atoms with van der Waals surface area (Å²) in [5, 5.41) is 14.4. The number of halogens is 1. The summed E-state index contributed by atoms with van der Waals surface area (Å²) in [5.74, 6) is -0.560. The molecule has 4 rings (SSSR count). The molecule has 0 atom stereocenters. The normalized spacial score (nSPS) is 10.6. The molecule has 0 aliphatic carbocycles. The van der Waals surface area contributed by atoms with Gasteiger partial charge in [0.15, 0.2) is 11.0 Å². The zero-order chi connectivity index (χ0) is 23.9. The number of carbonyl (C=O) groups excluding carboxylic acids is 2. The molecule has 7 nitrogen and oxygen atoms in total. The summed E-state index contributed by atoms with van der Waals surface area (Å²) >= 11 is 1.17. The van der Waals surface area contributed by atoms with E-state index in [0.717, 1.165) is 11.3 Å². The molecule has 2 amide bonds. The number of rotatable bonds is 8. The average molecular weight is 476 g/mol. The third-order valence-electron chi connectivity index (χ3n) is 4.88. The first-order valence-corrected chi connectivity index (χ1v) is 11.5. The van der Waals surface area contributed by atoms with Crippen LogP contribution in [0.15, 0.2) is 84.0 Å². The van der Waals surface area contributed by atoms with Gasteiger partial charge in [-0.1, -0.05) is 59.8 Å². The highest BCUT2D eigenvalue weighted by Crippen LogP contribution is 2.23. The summed E-state index contributed by atoms with van der Waals surface area (Å²) in [5.41, 5.74) is 2.47. The first-order valence-electron chi connectivity index (χ1n) is 10.5. The number of amides is 2. The van der Waals surface area contributed by atoms with E-state index in [0.29, 0.717) is 16.5 Å². The lowest BCUT2D eigenvalue weighted by Crippen LogP contribution is -2.24. The molecule has 172 valence electrons. The van der Waals surface area contributed by atoms with Gasteiger partial charge in [0.2, 0.25) is 5.91 Å². The average Bonchev–Trinajstić information content (AvgIpc) is 3.26. The molecular formula is C25H22FN5O2S. The van der Waals surface area contributed by atoms with E-state index in [-0.39, 0.29) is 29.8 Å². The van der Waals surface area contributed by atoms with Crippen LogP contribution in [-0.4, -0.2) is 32.3 Å². The highest BCUT2D eigenvalue weighted by atomic mass is 32.2. The molecule has 1 heterocycles. The highest BCUT2D eigenvalue weighted by Gasteiger charge is 2.17. The van der Waals surface area contributed by atoms with Gasteiger partial charge in [0.25, 0.3) is 5.91 Å². The Morgan fingerprint density at radius 1 is 0.971 bits per heavy atom. The third-order valence-corrected chi connectivity index (χ3v) is 5.81. The molecule has 0 fully saturated rings. The van der Waals surface area contributed by atoms with E-state index in [1.54, 1.807) is 22.8 Å². The monoisotopic (exact) mass is 475 g/mol. The number of aromatic nitrogens is 3. The largest absolute Gasteiger partial charge is 0.345 e. The molecule has 3 aromatic carbocycles. The summed E-state index contributed by atoms with van der Waals surface area (Å²) in [6.45, 7) is 2.07. The van der Waals surface area contributed by atoms with Gasteiger partial charge in [0, 0.05) is 11.3 Å². The van der Waals surface area contributed by atoms with Crippen molar-refractivity contribution in [2.45, 2.75) is 18.6 Å². The van der Waals surface area contributed by atoms with E-state index >= 15 is 0 Å². The van der Waals surface area contributed by atoms with Gasteiger partial charge in [-0.3, -0.25) is 14.2 Å². The third kappa shape index (κ3) is 5.68. The van der Waals surface area contributed by atoms with Crippen LogP contribution >= 0.6 is 11.8 Å². The van der Waals surface area contributed by atoms with Gasteiger partial charge in [0.05, 0.1) is 18.0 Å². The van der Waals surface area contributed by atoms with Crippen LogP contribution in [-0.2, 0) is 11.3 Å². The van der Waals surface area contributed by atoms with E-state index in [9.17, 15) is 14.0 Å². The number of carbonyl (C=O) groups is 2. The van der Waals surface area contributed by atoms with Crippen LogP contribution in [0, 0.1) is 12.7 Å². The van der Waals surface area contributed by atoms with Gasteiger partial charge in [-0.25, -0.2) is 4.39 Å². The molecule has 34 heavy (non-hydrogen) atoms. The Labute approximate surface area is 200 Å². The van der Waals surface area contributed by atoms with Crippen molar-refractivity contribution >= 4 is 29.3 Å². The summed E-state index contributed by atoms with van der Waals surface area (Å²) < 4.78 is 15.6. The zero-order valence-corrected chi connectivity index (χ0v) is 19.2. The second-order valence-corrected chi connectivity index (χ2v) is 8.38. The molecular weight excluding hydrogens is 453 g/mol. The van der Waals surface area contributed by atoms with Crippen molar-refractivity contribution in [2.24, 2.45) is 0 Å². The fourth-order valence-electron chi connectivity index (χ4n) is 3.27. The van der Waals surface area contributed by atoms with Crippen LogP contribution in [0.25, 0.3) is 5.69 Å². The van der Waals surface area contributed by atoms with E-state index in [4.69, 9.17) is 0 Å². The predicted molar refractivity (Wildman–Crippen MR) is 129 cm³/mol. The number of benzene rings is 3. The van der Waals surface area contributed by atoms with Crippen molar-refractivity contribution in [3.63, 3.8) is 0 Å². The fraction of sp³-hybridized carbons (Fsp3) is 0.120. The Balaban J connectivity index is 1.49. The lowest BCUT2D eigenvalue weighted by Gasteiger charge is -2.11. The maximum atomic E-state index is 13.8. The van der Waals surface area contributed by atoms with Crippen LogP contribution in [0.2, 0.25) is 0 Å². The van der Waals surface area contributed by atoms with Gasteiger partial charge in [-0.05, 0) is 43.3 Å². The minimum atomic E-state index is -0.500. The fourth-order valence-corrected chi connectivity index (χ4v) is 4.04. The summed E-state index contributed by atoms with van der Waals surface area (Å²) in [4.78, 5) is 25.0. The standard InChI is InChI=1S/C25H22FN5O2S/c1-17-8-7-9-18(14-17)24(33)27-15-22-29-30-25(31(22)19-10-3-2-4-11-19)34-16-23(32)28-21-13-6-5-12-20(21)26/h2-14H,15-16H2,1H3,(H,27,33)(H,28,32). The van der Waals surface area contributed by atoms with E-state index in [1.807, 2.05) is 55.5 Å². The second kappa shape index (κ2) is 10.8. The molecule has 0 saturated heterocycles. The molecule has 0 aliphatic heterocycles. The minimum absolute atomic E-state index is 0.00888. The van der Waals surface area contributed by atoms with Gasteiger partial charge < -0.3 is 10.6 Å². The Bertz CT molecular complexity index is 1310. The Hall–Kier alpha value is -3.98.